The number of rotatable bonds is 6. The molecule has 0 saturated carbocycles. The smallest absolute Gasteiger partial charge is 0.313 e. The number of nitrogens with one attached hydrogen (secondary N) is 1. The van der Waals surface area contributed by atoms with Crippen LogP contribution in [0, 0.1) is 0 Å². The lowest BCUT2D eigenvalue weighted by molar-refractivity contribution is -0.147. The number of ether oxygens (including phenoxy) is 3. The molecule has 0 unspecified atom stereocenters. The van der Waals surface area contributed by atoms with Crippen LogP contribution in [0.5, 0.6) is 11.5 Å². The van der Waals surface area contributed by atoms with Gasteiger partial charge in [0.25, 0.3) is 5.56 Å². The molecule has 0 bridgehead atoms. The number of hydrogen-bond acceptors (Lipinski definition) is 10. The van der Waals surface area contributed by atoms with Gasteiger partial charge in [0.15, 0.2) is 11.5 Å². The first kappa shape index (κ1) is 22.9. The molecule has 0 amide bonds. The Morgan fingerprint density at radius 3 is 2.50 bits per heavy atom. The molecule has 4 N–H and O–H groups in total. The molecule has 0 aliphatic carbocycles. The Labute approximate surface area is 204 Å². The Hall–Kier alpha value is -3.51. The Morgan fingerprint density at radius 2 is 1.78 bits per heavy atom. The van der Waals surface area contributed by atoms with Crippen LogP contribution >= 0.6 is 0 Å². The van der Waals surface area contributed by atoms with E-state index in [4.69, 9.17) is 19.2 Å². The Morgan fingerprint density at radius 1 is 1.06 bits per heavy atom. The van der Waals surface area contributed by atoms with E-state index in [2.05, 4.69) is 5.32 Å². The van der Waals surface area contributed by atoms with Gasteiger partial charge in [-0.15, -0.1) is 0 Å². The maximum atomic E-state index is 13.4. The number of cyclic esters (lactones) is 1. The summed E-state index contributed by atoms with van der Waals surface area (Å²) in [7, 11) is 0. The van der Waals surface area contributed by atoms with Gasteiger partial charge in [-0.05, 0) is 30.2 Å². The van der Waals surface area contributed by atoms with Crippen molar-refractivity contribution in [3.05, 3.63) is 50.8 Å². The number of aliphatic hydroxyl groups is 3. The second-order valence-electron chi connectivity index (χ2n) is 9.43. The predicted molar refractivity (Wildman–Crippen MR) is 126 cm³/mol. The summed E-state index contributed by atoms with van der Waals surface area (Å²) in [5.74, 6) is 0.186. The van der Waals surface area contributed by atoms with Gasteiger partial charge >= 0.3 is 5.97 Å². The second kappa shape index (κ2) is 8.27. The molecule has 0 spiro atoms. The van der Waals surface area contributed by atoms with E-state index in [-0.39, 0.29) is 38.0 Å². The van der Waals surface area contributed by atoms with E-state index in [1.807, 2.05) is 12.1 Å². The zero-order valence-electron chi connectivity index (χ0n) is 19.5. The highest BCUT2D eigenvalue weighted by atomic mass is 16.7. The quantitative estimate of drug-likeness (QED) is 0.271. The van der Waals surface area contributed by atoms with Crippen LogP contribution in [0.2, 0.25) is 0 Å². The second-order valence-corrected chi connectivity index (χ2v) is 9.43. The average Bonchev–Trinajstić information content (AvgIpc) is 3.50. The number of carbonyl (C=O) groups is 1. The fourth-order valence-corrected chi connectivity index (χ4v) is 5.08. The maximum Gasteiger partial charge on any atom is 0.313 e. The molecule has 3 aromatic rings. The fourth-order valence-electron chi connectivity index (χ4n) is 5.08. The molecule has 0 saturated heterocycles. The van der Waals surface area contributed by atoms with Crippen LogP contribution in [-0.2, 0) is 29.2 Å². The fraction of sp³-hybridized carbons (Fsp3) is 0.400. The topological polar surface area (TPSA) is 152 Å². The number of benzene rings is 1. The molecule has 0 fully saturated rings. The van der Waals surface area contributed by atoms with Crippen molar-refractivity contribution in [3.8, 4) is 22.9 Å². The highest BCUT2D eigenvalue weighted by Crippen LogP contribution is 2.42. The van der Waals surface area contributed by atoms with Crippen LogP contribution in [0.3, 0.4) is 0 Å². The van der Waals surface area contributed by atoms with Crippen molar-refractivity contribution >= 4 is 16.9 Å². The molecule has 11 nitrogen and oxygen atoms in total. The molecule has 36 heavy (non-hydrogen) atoms. The molecule has 188 valence electrons. The van der Waals surface area contributed by atoms with Crippen LogP contribution in [0.25, 0.3) is 22.3 Å². The normalized spacial score (nSPS) is 17.7. The van der Waals surface area contributed by atoms with Crippen molar-refractivity contribution < 1.29 is 34.3 Å². The summed E-state index contributed by atoms with van der Waals surface area (Å²) in [6.45, 7) is 0.739. The van der Waals surface area contributed by atoms with Crippen molar-refractivity contribution in [2.45, 2.75) is 38.1 Å². The lowest BCUT2D eigenvalue weighted by Crippen LogP contribution is -2.54. The van der Waals surface area contributed by atoms with Gasteiger partial charge in [0.2, 0.25) is 6.79 Å². The summed E-state index contributed by atoms with van der Waals surface area (Å²) >= 11 is 0. The molecule has 11 heteroatoms. The van der Waals surface area contributed by atoms with E-state index in [0.717, 1.165) is 16.5 Å². The zero-order chi connectivity index (χ0) is 25.2. The Kier molecular flexibility index (Phi) is 5.27. The van der Waals surface area contributed by atoms with Crippen LogP contribution in [0.1, 0.15) is 35.1 Å². The van der Waals surface area contributed by atoms with Gasteiger partial charge in [-0.25, -0.2) is 4.98 Å². The minimum absolute atomic E-state index is 0.0643. The molecule has 6 rings (SSSR count). The minimum Gasteiger partial charge on any atom is -0.460 e. The standard InChI is InChI=1S/C25H25N3O8/c1-12-13-2-19-22-16(6-28(19)23(32)17(13)7-34-24(12)33)15(5-26-25(8-29,9-30)10-31)14-3-20-21(36-11-35-20)4-18(14)27-22/h2-4,12,26,29-31H,5-11H2,1H3/t12-/m0/s1. The molecule has 1 atom stereocenters. The van der Waals surface area contributed by atoms with Crippen molar-refractivity contribution in [2.24, 2.45) is 0 Å². The number of fused-ring (bicyclic) bond motifs is 6. The van der Waals surface area contributed by atoms with Crippen LogP contribution in [0.15, 0.2) is 23.0 Å². The van der Waals surface area contributed by atoms with Gasteiger partial charge in [0, 0.05) is 23.6 Å². The number of aromatic nitrogens is 2. The summed E-state index contributed by atoms with van der Waals surface area (Å²) in [5, 5.41) is 33.3. The van der Waals surface area contributed by atoms with Gasteiger partial charge in [-0.2, -0.15) is 0 Å². The monoisotopic (exact) mass is 495 g/mol. The highest BCUT2D eigenvalue weighted by molar-refractivity contribution is 5.91. The largest absolute Gasteiger partial charge is 0.460 e. The molecule has 1 aromatic carbocycles. The first-order valence-electron chi connectivity index (χ1n) is 11.7. The van der Waals surface area contributed by atoms with Crippen molar-refractivity contribution in [1.82, 2.24) is 14.9 Å². The van der Waals surface area contributed by atoms with Crippen LogP contribution in [-0.4, -0.2) is 63.0 Å². The molecule has 3 aliphatic rings. The van der Waals surface area contributed by atoms with Gasteiger partial charge in [0.1, 0.15) is 6.61 Å². The number of hydrogen-bond donors (Lipinski definition) is 4. The molecule has 5 heterocycles. The Bertz CT molecular complexity index is 1470. The Balaban J connectivity index is 1.56. The van der Waals surface area contributed by atoms with E-state index in [1.165, 1.54) is 0 Å². The van der Waals surface area contributed by atoms with E-state index in [0.29, 0.717) is 39.5 Å². The third-order valence-corrected chi connectivity index (χ3v) is 7.42. The van der Waals surface area contributed by atoms with Gasteiger partial charge < -0.3 is 39.4 Å². The van der Waals surface area contributed by atoms with Gasteiger partial charge in [-0.1, -0.05) is 0 Å². The van der Waals surface area contributed by atoms with Crippen molar-refractivity contribution in [2.75, 3.05) is 26.6 Å². The van der Waals surface area contributed by atoms with Gasteiger partial charge in [0.05, 0.1) is 60.3 Å². The first-order chi connectivity index (χ1) is 17.4. The van der Waals surface area contributed by atoms with E-state index in [1.54, 1.807) is 17.6 Å². The van der Waals surface area contributed by atoms with Crippen LogP contribution in [0.4, 0.5) is 0 Å². The van der Waals surface area contributed by atoms with Crippen molar-refractivity contribution in [3.63, 3.8) is 0 Å². The highest BCUT2D eigenvalue weighted by Gasteiger charge is 2.35. The number of pyridine rings is 2. The summed E-state index contributed by atoms with van der Waals surface area (Å²) in [5.41, 5.74) is 2.97. The lowest BCUT2D eigenvalue weighted by atomic mass is 9.93. The number of nitrogens with zero attached hydrogens (tertiary/aromatic N) is 2. The summed E-state index contributed by atoms with van der Waals surface area (Å²) in [4.78, 5) is 30.5. The number of aliphatic hydroxyl groups excluding tert-OH is 3. The molecular formula is C25H25N3O8. The summed E-state index contributed by atoms with van der Waals surface area (Å²) < 4.78 is 17.9. The van der Waals surface area contributed by atoms with Crippen LogP contribution < -0.4 is 20.3 Å². The summed E-state index contributed by atoms with van der Waals surface area (Å²) in [6, 6.07) is 5.44. The third kappa shape index (κ3) is 3.24. The molecule has 3 aliphatic heterocycles. The maximum absolute atomic E-state index is 13.4. The van der Waals surface area contributed by atoms with Crippen molar-refractivity contribution in [1.29, 1.82) is 0 Å². The zero-order valence-corrected chi connectivity index (χ0v) is 19.5. The van der Waals surface area contributed by atoms with E-state index in [9.17, 15) is 24.9 Å². The minimum atomic E-state index is -1.30. The third-order valence-electron chi connectivity index (χ3n) is 7.42. The molecule has 0 radical (unpaired) electrons. The summed E-state index contributed by atoms with van der Waals surface area (Å²) in [6.07, 6.45) is 0. The SMILES string of the molecule is C[C@@H]1C(=O)OCc2c1cc1n(c2=O)Cc2c-1nc1cc3c(cc1c2CNC(CO)(CO)CO)OCO3. The van der Waals surface area contributed by atoms with E-state index < -0.39 is 31.3 Å². The van der Waals surface area contributed by atoms with Gasteiger partial charge in [-0.3, -0.25) is 9.59 Å². The number of esters is 1. The first-order valence-corrected chi connectivity index (χ1v) is 11.7. The average molecular weight is 495 g/mol. The lowest BCUT2D eigenvalue weighted by Gasteiger charge is -2.29. The molecular weight excluding hydrogens is 470 g/mol. The van der Waals surface area contributed by atoms with E-state index >= 15 is 0 Å². The number of carbonyl (C=O) groups excluding carboxylic acids is 1. The molecule has 2 aromatic heterocycles. The predicted octanol–water partition coefficient (Wildman–Crippen LogP) is 0.119.